The molecule has 0 aliphatic heterocycles. The van der Waals surface area contributed by atoms with Crippen LogP contribution in [0.1, 0.15) is 325 Å². The van der Waals surface area contributed by atoms with Crippen LogP contribution in [0.3, 0.4) is 0 Å². The van der Waals surface area contributed by atoms with Gasteiger partial charge in [-0.2, -0.15) is 0 Å². The highest BCUT2D eigenvalue weighted by Gasteiger charge is 2.30. The number of aliphatic hydroxyl groups excluding tert-OH is 1. The lowest BCUT2D eigenvalue weighted by Gasteiger charge is -2.21. The average Bonchev–Trinajstić information content (AvgIpc) is 3.49. The molecule has 0 saturated carbocycles. The molecule has 0 saturated heterocycles. The van der Waals surface area contributed by atoms with E-state index in [0.717, 1.165) is 114 Å². The van der Waals surface area contributed by atoms with Crippen molar-refractivity contribution in [2.75, 3.05) is 39.6 Å². The summed E-state index contributed by atoms with van der Waals surface area (Å²) in [6.45, 7) is 11.7. The van der Waals surface area contributed by atoms with Crippen LogP contribution in [0.4, 0.5) is 0 Å². The fourth-order valence-corrected chi connectivity index (χ4v) is 11.3. The summed E-state index contributed by atoms with van der Waals surface area (Å²) in [7, 11) is -9.89. The first-order valence-corrected chi connectivity index (χ1v) is 37.4. The molecule has 0 aromatic carbocycles. The highest BCUT2D eigenvalue weighted by molar-refractivity contribution is 7.47. The van der Waals surface area contributed by atoms with Crippen LogP contribution >= 0.6 is 15.6 Å². The Hall–Kier alpha value is -1.94. The van der Waals surface area contributed by atoms with E-state index in [-0.39, 0.29) is 25.7 Å². The van der Waals surface area contributed by atoms with Crippen LogP contribution in [0.15, 0.2) is 0 Å². The smallest absolute Gasteiger partial charge is 0.462 e. The molecule has 19 heteroatoms. The van der Waals surface area contributed by atoms with E-state index in [1.54, 1.807) is 0 Å². The largest absolute Gasteiger partial charge is 0.472 e. The average molecular weight is 1260 g/mol. The Bertz CT molecular complexity index is 1690. The Morgan fingerprint density at radius 3 is 0.894 bits per heavy atom. The zero-order valence-electron chi connectivity index (χ0n) is 55.1. The molecule has 85 heavy (non-hydrogen) atoms. The standard InChI is InChI=1S/C66H128O17P2/c1-8-11-12-13-14-15-16-17-18-19-20-25-35-42-49-65(70)82-61(53-76-63(68)47-40-33-24-22-21-23-30-37-44-57(4)5)55-80-84(72,73)78-51-60(67)52-79-85(74,75)81-56-62(83-66(71)50-43-36-29-27-32-39-46-59(7)10-3)54-77-64(69)48-41-34-28-26-31-38-45-58(6)9-2/h57-62,67H,8-56H2,1-7H3,(H,72,73)(H,74,75)/t58?,59?,60-,61-,62-/m1/s1. The lowest BCUT2D eigenvalue weighted by atomic mass is 10.00. The van der Waals surface area contributed by atoms with Crippen molar-refractivity contribution in [3.63, 3.8) is 0 Å². The second-order valence-corrected chi connectivity index (χ2v) is 27.7. The number of unbranched alkanes of at least 4 members (excludes halogenated alkanes) is 30. The van der Waals surface area contributed by atoms with E-state index in [4.69, 9.17) is 37.0 Å². The highest BCUT2D eigenvalue weighted by Crippen LogP contribution is 2.45. The fourth-order valence-electron chi connectivity index (χ4n) is 9.77. The third-order valence-electron chi connectivity index (χ3n) is 15.9. The molecule has 3 N–H and O–H groups in total. The molecule has 0 aliphatic carbocycles. The number of hydrogen-bond donors (Lipinski definition) is 3. The fraction of sp³-hybridized carbons (Fsp3) is 0.939. The Morgan fingerprint density at radius 1 is 0.341 bits per heavy atom. The molecule has 17 nitrogen and oxygen atoms in total. The predicted molar refractivity (Wildman–Crippen MR) is 340 cm³/mol. The van der Waals surface area contributed by atoms with E-state index >= 15 is 0 Å². The van der Waals surface area contributed by atoms with E-state index in [1.807, 2.05) is 0 Å². The number of esters is 4. The van der Waals surface area contributed by atoms with Crippen LogP contribution < -0.4 is 0 Å². The number of carbonyl (C=O) groups is 4. The summed E-state index contributed by atoms with van der Waals surface area (Å²) >= 11 is 0. The Labute approximate surface area is 517 Å². The molecule has 0 fully saturated rings. The summed E-state index contributed by atoms with van der Waals surface area (Å²) < 4.78 is 68.1. The number of hydrogen-bond acceptors (Lipinski definition) is 15. The molecule has 0 spiro atoms. The van der Waals surface area contributed by atoms with E-state index in [2.05, 4.69) is 48.5 Å². The number of carbonyl (C=O) groups excluding carboxylic acids is 4. The number of phosphoric acid groups is 2. The first-order valence-electron chi connectivity index (χ1n) is 34.4. The minimum atomic E-state index is -4.95. The molecule has 0 aromatic heterocycles. The van der Waals surface area contributed by atoms with Gasteiger partial charge in [-0.15, -0.1) is 0 Å². The van der Waals surface area contributed by atoms with E-state index in [1.165, 1.54) is 128 Å². The van der Waals surface area contributed by atoms with Crippen LogP contribution in [-0.2, 0) is 65.4 Å². The Kier molecular flexibility index (Phi) is 55.9. The normalized spacial score (nSPS) is 15.0. The summed E-state index contributed by atoms with van der Waals surface area (Å²) in [5.41, 5.74) is 0. The molecule has 0 radical (unpaired) electrons. The third kappa shape index (κ3) is 58.2. The number of ether oxygens (including phenoxy) is 4. The van der Waals surface area contributed by atoms with Gasteiger partial charge in [-0.25, -0.2) is 9.13 Å². The van der Waals surface area contributed by atoms with Gasteiger partial charge >= 0.3 is 39.5 Å². The molecule has 7 atom stereocenters. The van der Waals surface area contributed by atoms with Crippen molar-refractivity contribution in [3.8, 4) is 0 Å². The Balaban J connectivity index is 5.26. The zero-order valence-corrected chi connectivity index (χ0v) is 56.9. The molecular formula is C66H128O17P2. The van der Waals surface area contributed by atoms with Gasteiger partial charge in [0.15, 0.2) is 12.2 Å². The van der Waals surface area contributed by atoms with Crippen LogP contribution in [0, 0.1) is 17.8 Å². The van der Waals surface area contributed by atoms with Crippen molar-refractivity contribution in [1.82, 2.24) is 0 Å². The molecule has 504 valence electrons. The quantitative estimate of drug-likeness (QED) is 0.0222. The van der Waals surface area contributed by atoms with Gasteiger partial charge in [0.2, 0.25) is 0 Å². The monoisotopic (exact) mass is 1250 g/mol. The maximum atomic E-state index is 13.0. The maximum Gasteiger partial charge on any atom is 0.472 e. The summed E-state index contributed by atoms with van der Waals surface area (Å²) in [4.78, 5) is 72.3. The van der Waals surface area contributed by atoms with Gasteiger partial charge in [-0.3, -0.25) is 37.3 Å². The van der Waals surface area contributed by atoms with E-state index in [0.29, 0.717) is 25.7 Å². The topological polar surface area (TPSA) is 237 Å². The number of aliphatic hydroxyl groups is 1. The lowest BCUT2D eigenvalue weighted by Crippen LogP contribution is -2.30. The van der Waals surface area contributed by atoms with Gasteiger partial charge in [0.1, 0.15) is 19.3 Å². The Morgan fingerprint density at radius 2 is 0.600 bits per heavy atom. The SMILES string of the molecule is CCCCCCCCCCCCCCCCC(=O)O[C@H](COC(=O)CCCCCCCCCCC(C)C)COP(=O)(O)OC[C@@H](O)COP(=O)(O)OC[C@@H](COC(=O)CCCCCCCCC(C)CC)OC(=O)CCCCCCCCC(C)CC. The first-order chi connectivity index (χ1) is 40.8. The summed E-state index contributed by atoms with van der Waals surface area (Å²) in [5.74, 6) is 0.0419. The van der Waals surface area contributed by atoms with E-state index < -0.39 is 97.5 Å². The van der Waals surface area contributed by atoms with Crippen molar-refractivity contribution in [2.45, 2.75) is 343 Å². The second-order valence-electron chi connectivity index (χ2n) is 24.8. The molecule has 0 bridgehead atoms. The first kappa shape index (κ1) is 83.1. The highest BCUT2D eigenvalue weighted by atomic mass is 31.2. The van der Waals surface area contributed by atoms with Gasteiger partial charge in [-0.05, 0) is 43.4 Å². The van der Waals surface area contributed by atoms with Gasteiger partial charge in [-0.1, -0.05) is 273 Å². The molecule has 0 aromatic rings. The zero-order chi connectivity index (χ0) is 63.1. The van der Waals surface area contributed by atoms with Crippen LogP contribution in [0.2, 0.25) is 0 Å². The molecule has 0 rings (SSSR count). The minimum absolute atomic E-state index is 0.102. The number of phosphoric ester groups is 2. The summed E-state index contributed by atoms with van der Waals surface area (Å²) in [6.07, 6.45) is 39.0. The van der Waals surface area contributed by atoms with Crippen molar-refractivity contribution in [3.05, 3.63) is 0 Å². The molecule has 0 amide bonds. The van der Waals surface area contributed by atoms with Gasteiger partial charge in [0.25, 0.3) is 0 Å². The van der Waals surface area contributed by atoms with Gasteiger partial charge < -0.3 is 33.8 Å². The lowest BCUT2D eigenvalue weighted by molar-refractivity contribution is -0.161. The molecule has 4 unspecified atom stereocenters. The van der Waals surface area contributed by atoms with Crippen molar-refractivity contribution >= 4 is 39.5 Å². The summed E-state index contributed by atoms with van der Waals surface area (Å²) in [5, 5.41) is 10.6. The molecular weight excluding hydrogens is 1130 g/mol. The molecule has 0 aliphatic rings. The van der Waals surface area contributed by atoms with Crippen molar-refractivity contribution in [1.29, 1.82) is 0 Å². The van der Waals surface area contributed by atoms with Gasteiger partial charge in [0, 0.05) is 25.7 Å². The van der Waals surface area contributed by atoms with Crippen LogP contribution in [-0.4, -0.2) is 96.7 Å². The third-order valence-corrected chi connectivity index (χ3v) is 17.8. The summed E-state index contributed by atoms with van der Waals surface area (Å²) in [6, 6.07) is 0. The predicted octanol–water partition coefficient (Wildman–Crippen LogP) is 18.3. The van der Waals surface area contributed by atoms with Crippen LogP contribution in [0.25, 0.3) is 0 Å². The van der Waals surface area contributed by atoms with Crippen molar-refractivity contribution in [2.24, 2.45) is 17.8 Å². The molecule has 0 heterocycles. The van der Waals surface area contributed by atoms with E-state index in [9.17, 15) is 43.2 Å². The number of rotatable bonds is 64. The minimum Gasteiger partial charge on any atom is -0.462 e. The maximum absolute atomic E-state index is 13.0. The van der Waals surface area contributed by atoms with Crippen molar-refractivity contribution < 1.29 is 80.2 Å². The van der Waals surface area contributed by atoms with Gasteiger partial charge in [0.05, 0.1) is 26.4 Å². The van der Waals surface area contributed by atoms with Crippen LogP contribution in [0.5, 0.6) is 0 Å². The second kappa shape index (κ2) is 57.2.